The maximum absolute atomic E-state index is 12.5. The van der Waals surface area contributed by atoms with E-state index in [-0.39, 0.29) is 24.3 Å². The zero-order chi connectivity index (χ0) is 16.8. The minimum atomic E-state index is -0.321. The van der Waals surface area contributed by atoms with Gasteiger partial charge in [0, 0.05) is 31.1 Å². The molecule has 3 N–H and O–H groups in total. The molecule has 1 aliphatic rings. The van der Waals surface area contributed by atoms with E-state index in [1.54, 1.807) is 30.0 Å². The van der Waals surface area contributed by atoms with Crippen LogP contribution in [0.2, 0.25) is 0 Å². The fourth-order valence-corrected chi connectivity index (χ4v) is 2.25. The smallest absolute Gasteiger partial charge is 0.254 e. The van der Waals surface area contributed by atoms with Crippen molar-refractivity contribution in [3.05, 3.63) is 23.8 Å². The molecule has 2 rings (SSSR count). The van der Waals surface area contributed by atoms with Gasteiger partial charge in [0.1, 0.15) is 5.75 Å². The van der Waals surface area contributed by atoms with E-state index in [1.807, 2.05) is 0 Å². The molecule has 0 radical (unpaired) electrons. The lowest BCUT2D eigenvalue weighted by molar-refractivity contribution is -0.119. The van der Waals surface area contributed by atoms with Crippen molar-refractivity contribution in [2.75, 3.05) is 45.3 Å². The zero-order valence-corrected chi connectivity index (χ0v) is 13.5. The molecule has 23 heavy (non-hydrogen) atoms. The van der Waals surface area contributed by atoms with Gasteiger partial charge in [0.05, 0.1) is 26.0 Å². The van der Waals surface area contributed by atoms with Gasteiger partial charge in [-0.25, -0.2) is 0 Å². The average molecular weight is 321 g/mol. The molecule has 7 heteroatoms. The Bertz CT molecular complexity index is 570. The molecule has 126 valence electrons. The van der Waals surface area contributed by atoms with Crippen molar-refractivity contribution in [3.63, 3.8) is 0 Å². The first-order valence-electron chi connectivity index (χ1n) is 7.62. The number of nitrogens with one attached hydrogen (secondary N) is 1. The van der Waals surface area contributed by atoms with Gasteiger partial charge in [0.15, 0.2) is 0 Å². The minimum absolute atomic E-state index is 0.0849. The normalized spacial score (nSPS) is 15.9. The molecule has 1 atom stereocenters. The Morgan fingerprint density at radius 2 is 2.09 bits per heavy atom. The predicted molar refractivity (Wildman–Crippen MR) is 86.6 cm³/mol. The molecule has 0 aromatic heterocycles. The average Bonchev–Trinajstić information content (AvgIpc) is 2.60. The molecule has 0 bridgehead atoms. The summed E-state index contributed by atoms with van der Waals surface area (Å²) in [5.74, 6) is -0.112. The molecule has 1 aliphatic heterocycles. The van der Waals surface area contributed by atoms with Crippen molar-refractivity contribution in [1.29, 1.82) is 0 Å². The summed E-state index contributed by atoms with van der Waals surface area (Å²) >= 11 is 0. The Balaban J connectivity index is 2.20. The van der Waals surface area contributed by atoms with E-state index in [1.165, 1.54) is 7.11 Å². The number of benzene rings is 1. The van der Waals surface area contributed by atoms with Crippen molar-refractivity contribution >= 4 is 17.5 Å². The summed E-state index contributed by atoms with van der Waals surface area (Å²) in [5.41, 5.74) is 6.48. The van der Waals surface area contributed by atoms with Crippen LogP contribution in [0.4, 0.5) is 5.69 Å². The Labute approximate surface area is 135 Å². The van der Waals surface area contributed by atoms with Gasteiger partial charge in [-0.2, -0.15) is 0 Å². The first kappa shape index (κ1) is 17.2. The molecule has 2 amide bonds. The quantitative estimate of drug-likeness (QED) is 0.832. The fourth-order valence-electron chi connectivity index (χ4n) is 2.25. The highest BCUT2D eigenvalue weighted by molar-refractivity contribution is 5.99. The number of morpholine rings is 1. The number of nitrogens with two attached hydrogens (primary N) is 1. The topological polar surface area (TPSA) is 93.9 Å². The van der Waals surface area contributed by atoms with Crippen LogP contribution in [0.25, 0.3) is 0 Å². The third-order valence-corrected chi connectivity index (χ3v) is 3.80. The summed E-state index contributed by atoms with van der Waals surface area (Å²) in [4.78, 5) is 26.3. The SMILES string of the molecule is COc1ccc(C(=O)N2CCOCC2)cc1NC(=O)C(C)CN. The van der Waals surface area contributed by atoms with E-state index in [4.69, 9.17) is 15.2 Å². The molecule has 7 nitrogen and oxygen atoms in total. The Hall–Kier alpha value is -2.12. The number of amides is 2. The maximum Gasteiger partial charge on any atom is 0.254 e. The van der Waals surface area contributed by atoms with Crippen LogP contribution in [0.15, 0.2) is 18.2 Å². The number of methoxy groups -OCH3 is 1. The molecule has 0 aliphatic carbocycles. The summed E-state index contributed by atoms with van der Waals surface area (Å²) < 4.78 is 10.5. The minimum Gasteiger partial charge on any atom is -0.495 e. The second-order valence-electron chi connectivity index (χ2n) is 5.45. The molecule has 1 unspecified atom stereocenters. The number of hydrogen-bond acceptors (Lipinski definition) is 5. The van der Waals surface area contributed by atoms with Gasteiger partial charge >= 0.3 is 0 Å². The lowest BCUT2D eigenvalue weighted by Crippen LogP contribution is -2.40. The van der Waals surface area contributed by atoms with Gasteiger partial charge in [-0.05, 0) is 18.2 Å². The fraction of sp³-hybridized carbons (Fsp3) is 0.500. The van der Waals surface area contributed by atoms with Crippen LogP contribution < -0.4 is 15.8 Å². The molecule has 1 fully saturated rings. The second kappa shape index (κ2) is 7.94. The zero-order valence-electron chi connectivity index (χ0n) is 13.5. The first-order valence-corrected chi connectivity index (χ1v) is 7.62. The Kier molecular flexibility index (Phi) is 5.95. The van der Waals surface area contributed by atoms with E-state index in [0.717, 1.165) is 0 Å². The van der Waals surface area contributed by atoms with Gasteiger partial charge in [0.25, 0.3) is 5.91 Å². The summed E-state index contributed by atoms with van der Waals surface area (Å²) in [7, 11) is 1.51. The highest BCUT2D eigenvalue weighted by Crippen LogP contribution is 2.26. The standard InChI is InChI=1S/C16H23N3O4/c1-11(10-17)15(20)18-13-9-12(3-4-14(13)22-2)16(21)19-5-7-23-8-6-19/h3-4,9,11H,5-8,10,17H2,1-2H3,(H,18,20). The van der Waals surface area contributed by atoms with Crippen LogP contribution in [0, 0.1) is 5.92 Å². The Morgan fingerprint density at radius 1 is 1.39 bits per heavy atom. The number of ether oxygens (including phenoxy) is 2. The number of hydrogen-bond donors (Lipinski definition) is 2. The van der Waals surface area contributed by atoms with Crippen molar-refractivity contribution in [2.45, 2.75) is 6.92 Å². The van der Waals surface area contributed by atoms with Crippen molar-refractivity contribution in [1.82, 2.24) is 4.90 Å². The van der Waals surface area contributed by atoms with Gasteiger partial charge in [-0.15, -0.1) is 0 Å². The van der Waals surface area contributed by atoms with E-state index in [9.17, 15) is 9.59 Å². The number of carbonyl (C=O) groups excluding carboxylic acids is 2. The van der Waals surface area contributed by atoms with E-state index in [2.05, 4.69) is 5.32 Å². The molecular formula is C16H23N3O4. The molecule has 1 aromatic carbocycles. The van der Waals surface area contributed by atoms with E-state index >= 15 is 0 Å². The maximum atomic E-state index is 12.5. The predicted octanol–water partition coefficient (Wildman–Crippen LogP) is 0.701. The highest BCUT2D eigenvalue weighted by atomic mass is 16.5. The lowest BCUT2D eigenvalue weighted by atomic mass is 10.1. The van der Waals surface area contributed by atoms with Gasteiger partial charge in [-0.1, -0.05) is 6.92 Å². The van der Waals surface area contributed by atoms with Crippen LogP contribution in [0.5, 0.6) is 5.75 Å². The summed E-state index contributed by atoms with van der Waals surface area (Å²) in [5, 5.41) is 2.77. The number of nitrogens with zero attached hydrogens (tertiary/aromatic N) is 1. The highest BCUT2D eigenvalue weighted by Gasteiger charge is 2.20. The van der Waals surface area contributed by atoms with E-state index < -0.39 is 0 Å². The molecule has 1 aromatic rings. The van der Waals surface area contributed by atoms with Gasteiger partial charge in [0.2, 0.25) is 5.91 Å². The monoisotopic (exact) mass is 321 g/mol. The van der Waals surface area contributed by atoms with E-state index in [0.29, 0.717) is 43.3 Å². The number of anilines is 1. The lowest BCUT2D eigenvalue weighted by Gasteiger charge is -2.27. The summed E-state index contributed by atoms with van der Waals surface area (Å²) in [6.45, 7) is 4.21. The largest absolute Gasteiger partial charge is 0.495 e. The van der Waals surface area contributed by atoms with Gasteiger partial charge < -0.3 is 25.4 Å². The molecule has 0 spiro atoms. The molecule has 1 heterocycles. The van der Waals surface area contributed by atoms with Crippen LogP contribution in [0.3, 0.4) is 0 Å². The van der Waals surface area contributed by atoms with Crippen LogP contribution >= 0.6 is 0 Å². The molecule has 0 saturated carbocycles. The summed E-state index contributed by atoms with van der Waals surface area (Å²) in [6, 6.07) is 5.01. The van der Waals surface area contributed by atoms with Crippen molar-refractivity contribution in [3.8, 4) is 5.75 Å². The molecule has 1 saturated heterocycles. The third-order valence-electron chi connectivity index (χ3n) is 3.80. The first-order chi connectivity index (χ1) is 11.1. The van der Waals surface area contributed by atoms with Crippen molar-refractivity contribution in [2.24, 2.45) is 11.7 Å². The summed E-state index contributed by atoms with van der Waals surface area (Å²) in [6.07, 6.45) is 0. The van der Waals surface area contributed by atoms with Crippen LogP contribution in [-0.2, 0) is 9.53 Å². The second-order valence-corrected chi connectivity index (χ2v) is 5.45. The third kappa shape index (κ3) is 4.20. The van der Waals surface area contributed by atoms with Crippen LogP contribution in [0.1, 0.15) is 17.3 Å². The molecular weight excluding hydrogens is 298 g/mol. The van der Waals surface area contributed by atoms with Gasteiger partial charge in [-0.3, -0.25) is 9.59 Å². The number of carbonyl (C=O) groups is 2. The Morgan fingerprint density at radius 3 is 2.70 bits per heavy atom. The number of rotatable bonds is 5. The van der Waals surface area contributed by atoms with Crippen LogP contribution in [-0.4, -0.2) is 56.7 Å². The van der Waals surface area contributed by atoms with Crippen molar-refractivity contribution < 1.29 is 19.1 Å².